The Balaban J connectivity index is 2.29. The van der Waals surface area contributed by atoms with Crippen molar-refractivity contribution in [3.63, 3.8) is 0 Å². The number of nitrogens with zero attached hydrogens (tertiary/aromatic N) is 2. The summed E-state index contributed by atoms with van der Waals surface area (Å²) in [5.41, 5.74) is 1.67. The predicted octanol–water partition coefficient (Wildman–Crippen LogP) is 3.66. The summed E-state index contributed by atoms with van der Waals surface area (Å²) >= 11 is 0. The molecule has 1 N–H and O–H groups in total. The molecule has 1 aromatic carbocycles. The molecule has 0 radical (unpaired) electrons. The molecule has 0 spiro atoms. The third-order valence-electron chi connectivity index (χ3n) is 3.31. The fourth-order valence-electron chi connectivity index (χ4n) is 2.29. The van der Waals surface area contributed by atoms with Crippen LogP contribution in [0.2, 0.25) is 0 Å². The van der Waals surface area contributed by atoms with Crippen molar-refractivity contribution in [2.75, 3.05) is 6.54 Å². The number of halogens is 2. The average Bonchev–Trinajstić information content (AvgIpc) is 2.92. The predicted molar refractivity (Wildman–Crippen MR) is 79.0 cm³/mol. The van der Waals surface area contributed by atoms with Crippen LogP contribution in [0.3, 0.4) is 0 Å². The van der Waals surface area contributed by atoms with Crippen molar-refractivity contribution in [1.29, 1.82) is 0 Å². The third kappa shape index (κ3) is 3.88. The van der Waals surface area contributed by atoms with Crippen molar-refractivity contribution < 1.29 is 8.78 Å². The highest BCUT2D eigenvalue weighted by Crippen LogP contribution is 2.23. The lowest BCUT2D eigenvalue weighted by Gasteiger charge is -2.18. The maximum absolute atomic E-state index is 13.5. The lowest BCUT2D eigenvalue weighted by molar-refractivity contribution is 0.503. The zero-order valence-electron chi connectivity index (χ0n) is 12.4. The highest BCUT2D eigenvalue weighted by molar-refractivity contribution is 5.30. The molecule has 0 saturated carbocycles. The summed E-state index contributed by atoms with van der Waals surface area (Å²) in [5, 5.41) is 7.67. The van der Waals surface area contributed by atoms with Crippen molar-refractivity contribution in [3.05, 3.63) is 53.4 Å². The van der Waals surface area contributed by atoms with E-state index in [1.807, 2.05) is 10.9 Å². The minimum Gasteiger partial charge on any atom is -0.306 e. The second-order valence-electron chi connectivity index (χ2n) is 5.10. The first kappa shape index (κ1) is 15.6. The number of hydrogen-bond acceptors (Lipinski definition) is 2. The van der Waals surface area contributed by atoms with Gasteiger partial charge in [-0.3, -0.25) is 4.68 Å². The zero-order chi connectivity index (χ0) is 15.2. The largest absolute Gasteiger partial charge is 0.306 e. The van der Waals surface area contributed by atoms with Crippen molar-refractivity contribution in [2.45, 2.75) is 39.3 Å². The van der Waals surface area contributed by atoms with Gasteiger partial charge < -0.3 is 5.32 Å². The minimum atomic E-state index is -0.824. The number of nitrogens with one attached hydrogen (secondary N) is 1. The second kappa shape index (κ2) is 7.31. The Bertz CT molecular complexity index is 581. The van der Waals surface area contributed by atoms with E-state index in [2.05, 4.69) is 24.3 Å². The van der Waals surface area contributed by atoms with Gasteiger partial charge in [0.05, 0.1) is 12.2 Å². The van der Waals surface area contributed by atoms with Gasteiger partial charge in [-0.1, -0.05) is 19.9 Å². The highest BCUT2D eigenvalue weighted by Gasteiger charge is 2.17. The lowest BCUT2D eigenvalue weighted by atomic mass is 10.0. The van der Waals surface area contributed by atoms with E-state index in [-0.39, 0.29) is 6.04 Å². The molecule has 2 aromatic rings. The molecule has 1 atom stereocenters. The molecular weight excluding hydrogens is 272 g/mol. The van der Waals surface area contributed by atoms with Crippen LogP contribution in [0.4, 0.5) is 8.78 Å². The summed E-state index contributed by atoms with van der Waals surface area (Å²) in [6.45, 7) is 5.79. The van der Waals surface area contributed by atoms with Crippen molar-refractivity contribution in [3.8, 4) is 0 Å². The summed E-state index contributed by atoms with van der Waals surface area (Å²) in [4.78, 5) is 0. The fourth-order valence-corrected chi connectivity index (χ4v) is 2.29. The molecule has 0 saturated heterocycles. The Morgan fingerprint density at radius 3 is 2.62 bits per heavy atom. The maximum atomic E-state index is 13.5. The van der Waals surface area contributed by atoms with Gasteiger partial charge in [0.2, 0.25) is 0 Å². The molecule has 0 bridgehead atoms. The number of rotatable bonds is 7. The Labute approximate surface area is 124 Å². The van der Waals surface area contributed by atoms with E-state index in [0.717, 1.165) is 31.5 Å². The molecule has 5 heteroatoms. The topological polar surface area (TPSA) is 29.9 Å². The smallest absolute Gasteiger partial charge is 0.159 e. The quantitative estimate of drug-likeness (QED) is 0.844. The Morgan fingerprint density at radius 2 is 1.95 bits per heavy atom. The third-order valence-corrected chi connectivity index (χ3v) is 3.31. The molecule has 1 aromatic heterocycles. The molecular formula is C16H21F2N3. The lowest BCUT2D eigenvalue weighted by Crippen LogP contribution is -2.23. The zero-order valence-corrected chi connectivity index (χ0v) is 12.4. The first-order chi connectivity index (χ1) is 10.2. The van der Waals surface area contributed by atoms with Crippen LogP contribution in [0.15, 0.2) is 30.6 Å². The Morgan fingerprint density at radius 1 is 1.14 bits per heavy atom. The molecule has 3 nitrogen and oxygen atoms in total. The Kier molecular flexibility index (Phi) is 5.44. The maximum Gasteiger partial charge on any atom is 0.159 e. The molecule has 21 heavy (non-hydrogen) atoms. The molecule has 0 amide bonds. The van der Waals surface area contributed by atoms with E-state index in [0.29, 0.717) is 5.56 Å². The average molecular weight is 293 g/mol. The fraction of sp³-hybridized carbons (Fsp3) is 0.438. The second-order valence-corrected chi connectivity index (χ2v) is 5.10. The van der Waals surface area contributed by atoms with Gasteiger partial charge in [0, 0.05) is 18.3 Å². The summed E-state index contributed by atoms with van der Waals surface area (Å²) in [5.74, 6) is -1.65. The van der Waals surface area contributed by atoms with Crippen LogP contribution in [-0.4, -0.2) is 16.3 Å². The van der Waals surface area contributed by atoms with Crippen LogP contribution in [-0.2, 0) is 6.54 Å². The molecule has 1 heterocycles. The first-order valence-corrected chi connectivity index (χ1v) is 7.36. The van der Waals surface area contributed by atoms with Crippen LogP contribution in [0.1, 0.15) is 43.9 Å². The van der Waals surface area contributed by atoms with E-state index < -0.39 is 11.6 Å². The SMILES string of the molecule is CCCNC(c1ccc(F)c(F)c1)c1cnn(CCC)c1. The van der Waals surface area contributed by atoms with E-state index in [1.165, 1.54) is 12.1 Å². The van der Waals surface area contributed by atoms with Crippen molar-refractivity contribution in [2.24, 2.45) is 0 Å². The van der Waals surface area contributed by atoms with Crippen molar-refractivity contribution in [1.82, 2.24) is 15.1 Å². The van der Waals surface area contributed by atoms with Gasteiger partial charge in [-0.2, -0.15) is 5.10 Å². The molecule has 1 unspecified atom stereocenters. The van der Waals surface area contributed by atoms with E-state index in [4.69, 9.17) is 0 Å². The minimum absolute atomic E-state index is 0.175. The summed E-state index contributed by atoms with van der Waals surface area (Å²) in [6, 6.07) is 3.86. The van der Waals surface area contributed by atoms with Gasteiger partial charge >= 0.3 is 0 Å². The molecule has 0 fully saturated rings. The van der Waals surface area contributed by atoms with Gasteiger partial charge in [0.25, 0.3) is 0 Å². The molecule has 114 valence electrons. The van der Waals surface area contributed by atoms with E-state index in [1.54, 1.807) is 12.3 Å². The summed E-state index contributed by atoms with van der Waals surface area (Å²) in [7, 11) is 0. The molecule has 0 aliphatic carbocycles. The monoisotopic (exact) mass is 293 g/mol. The van der Waals surface area contributed by atoms with E-state index >= 15 is 0 Å². The van der Waals surface area contributed by atoms with Gasteiger partial charge in [-0.05, 0) is 37.1 Å². The Hall–Kier alpha value is -1.75. The van der Waals surface area contributed by atoms with Crippen LogP contribution >= 0.6 is 0 Å². The van der Waals surface area contributed by atoms with Crippen LogP contribution in [0.25, 0.3) is 0 Å². The van der Waals surface area contributed by atoms with Crippen LogP contribution < -0.4 is 5.32 Å². The number of hydrogen-bond donors (Lipinski definition) is 1. The van der Waals surface area contributed by atoms with Gasteiger partial charge in [-0.25, -0.2) is 8.78 Å². The van der Waals surface area contributed by atoms with Crippen LogP contribution in [0.5, 0.6) is 0 Å². The first-order valence-electron chi connectivity index (χ1n) is 7.36. The van der Waals surface area contributed by atoms with Gasteiger partial charge in [-0.15, -0.1) is 0 Å². The number of aromatic nitrogens is 2. The number of benzene rings is 1. The number of aryl methyl sites for hydroxylation is 1. The summed E-state index contributed by atoms with van der Waals surface area (Å²) in [6.07, 6.45) is 5.70. The van der Waals surface area contributed by atoms with Crippen molar-refractivity contribution >= 4 is 0 Å². The molecule has 0 aliphatic heterocycles. The van der Waals surface area contributed by atoms with Crippen LogP contribution in [0, 0.1) is 11.6 Å². The van der Waals surface area contributed by atoms with Gasteiger partial charge in [0.1, 0.15) is 0 Å². The molecule has 2 rings (SSSR count). The molecule has 0 aliphatic rings. The summed E-state index contributed by atoms with van der Waals surface area (Å²) < 4.78 is 28.5. The normalized spacial score (nSPS) is 12.6. The standard InChI is InChI=1S/C16H21F2N3/c1-3-7-19-16(12-5-6-14(17)15(18)9-12)13-10-20-21(11-13)8-4-2/h5-6,9-11,16,19H,3-4,7-8H2,1-2H3. The van der Waals surface area contributed by atoms with E-state index in [9.17, 15) is 8.78 Å². The highest BCUT2D eigenvalue weighted by atomic mass is 19.2. The van der Waals surface area contributed by atoms with Gasteiger partial charge in [0.15, 0.2) is 11.6 Å².